The lowest BCUT2D eigenvalue weighted by Gasteiger charge is -2.19. The highest BCUT2D eigenvalue weighted by atomic mass is 16.1. The van der Waals surface area contributed by atoms with Crippen LogP contribution in [0.2, 0.25) is 0 Å². The van der Waals surface area contributed by atoms with Crippen LogP contribution in [-0.4, -0.2) is 40.4 Å². The van der Waals surface area contributed by atoms with Crippen LogP contribution in [0.25, 0.3) is 10.9 Å². The standard InChI is InChI=1S/C20H28N4O/c1-2-17-13-16(18-14-22-8-5-19(18)23-17)12-15-4-3-9-24(10-6-15)11-7-20(21)25/h5,8,13-15H,2-4,6-7,9-12H2,1H3,(H2,21,25)/t15-/m1/s1. The molecule has 0 aliphatic carbocycles. The van der Waals surface area contributed by atoms with Crippen molar-refractivity contribution < 1.29 is 4.79 Å². The monoisotopic (exact) mass is 340 g/mol. The number of hydrogen-bond donors (Lipinski definition) is 1. The molecular weight excluding hydrogens is 312 g/mol. The van der Waals surface area contributed by atoms with Crippen LogP contribution in [0, 0.1) is 5.92 Å². The topological polar surface area (TPSA) is 72.1 Å². The summed E-state index contributed by atoms with van der Waals surface area (Å²) in [7, 11) is 0. The van der Waals surface area contributed by atoms with Crippen molar-refractivity contribution in [1.29, 1.82) is 0 Å². The highest BCUT2D eigenvalue weighted by Gasteiger charge is 2.19. The minimum absolute atomic E-state index is 0.205. The Kier molecular flexibility index (Phi) is 5.97. The largest absolute Gasteiger partial charge is 0.370 e. The summed E-state index contributed by atoms with van der Waals surface area (Å²) >= 11 is 0. The summed E-state index contributed by atoms with van der Waals surface area (Å²) in [5.41, 5.74) is 8.88. The van der Waals surface area contributed by atoms with Gasteiger partial charge in [0.05, 0.1) is 5.52 Å². The molecule has 1 atom stereocenters. The Morgan fingerprint density at radius 2 is 2.24 bits per heavy atom. The fourth-order valence-corrected chi connectivity index (χ4v) is 3.78. The molecule has 1 amide bonds. The van der Waals surface area contributed by atoms with Crippen molar-refractivity contribution in [2.75, 3.05) is 19.6 Å². The summed E-state index contributed by atoms with van der Waals surface area (Å²) in [4.78, 5) is 22.4. The van der Waals surface area contributed by atoms with E-state index in [1.54, 1.807) is 0 Å². The van der Waals surface area contributed by atoms with E-state index in [4.69, 9.17) is 10.7 Å². The molecule has 1 aliphatic rings. The van der Waals surface area contributed by atoms with E-state index in [2.05, 4.69) is 22.9 Å². The molecule has 5 nitrogen and oxygen atoms in total. The molecular formula is C20H28N4O. The Labute approximate surface area is 149 Å². The van der Waals surface area contributed by atoms with Gasteiger partial charge in [-0.15, -0.1) is 0 Å². The molecule has 3 rings (SSSR count). The lowest BCUT2D eigenvalue weighted by molar-refractivity contribution is -0.118. The van der Waals surface area contributed by atoms with Crippen LogP contribution >= 0.6 is 0 Å². The summed E-state index contributed by atoms with van der Waals surface area (Å²) in [5, 5.41) is 1.19. The van der Waals surface area contributed by atoms with E-state index in [1.807, 2.05) is 18.5 Å². The van der Waals surface area contributed by atoms with Gasteiger partial charge in [-0.3, -0.25) is 14.8 Å². The first kappa shape index (κ1) is 17.8. The molecule has 0 unspecified atom stereocenters. The third-order valence-corrected chi connectivity index (χ3v) is 5.23. The van der Waals surface area contributed by atoms with E-state index < -0.39 is 0 Å². The van der Waals surface area contributed by atoms with Crippen molar-refractivity contribution >= 4 is 16.8 Å². The second-order valence-corrected chi connectivity index (χ2v) is 7.08. The first-order valence-corrected chi connectivity index (χ1v) is 9.39. The molecule has 0 saturated carbocycles. The zero-order chi connectivity index (χ0) is 17.6. The zero-order valence-electron chi connectivity index (χ0n) is 15.1. The Bertz CT molecular complexity index is 731. The zero-order valence-corrected chi connectivity index (χ0v) is 15.1. The quantitative estimate of drug-likeness (QED) is 0.877. The maximum Gasteiger partial charge on any atom is 0.218 e. The van der Waals surface area contributed by atoms with E-state index in [0.29, 0.717) is 12.3 Å². The van der Waals surface area contributed by atoms with E-state index in [1.165, 1.54) is 30.2 Å². The predicted octanol–water partition coefficient (Wildman–Crippen LogP) is 2.71. The summed E-state index contributed by atoms with van der Waals surface area (Å²) in [6.45, 7) is 5.08. The number of primary amides is 1. The highest BCUT2D eigenvalue weighted by Crippen LogP contribution is 2.26. The maximum absolute atomic E-state index is 11.0. The molecule has 0 spiro atoms. The van der Waals surface area contributed by atoms with Crippen LogP contribution < -0.4 is 5.73 Å². The number of carbonyl (C=O) groups excluding carboxylic acids is 1. The molecule has 0 aromatic carbocycles. The molecule has 2 N–H and O–H groups in total. The van der Waals surface area contributed by atoms with Crippen LogP contribution in [0.4, 0.5) is 0 Å². The summed E-state index contributed by atoms with van der Waals surface area (Å²) in [6.07, 6.45) is 9.87. The van der Waals surface area contributed by atoms with Crippen LogP contribution in [-0.2, 0) is 17.6 Å². The normalized spacial score (nSPS) is 19.0. The SMILES string of the molecule is CCc1cc(C[C@@H]2CCCN(CCC(N)=O)CC2)c2cnccc2n1. The molecule has 5 heteroatoms. The minimum atomic E-state index is -0.205. The minimum Gasteiger partial charge on any atom is -0.370 e. The van der Waals surface area contributed by atoms with E-state index in [9.17, 15) is 4.79 Å². The number of rotatable bonds is 6. The smallest absolute Gasteiger partial charge is 0.218 e. The van der Waals surface area contributed by atoms with Gasteiger partial charge >= 0.3 is 0 Å². The lowest BCUT2D eigenvalue weighted by atomic mass is 9.91. The van der Waals surface area contributed by atoms with Gasteiger partial charge in [0.25, 0.3) is 0 Å². The van der Waals surface area contributed by atoms with Crippen molar-refractivity contribution in [1.82, 2.24) is 14.9 Å². The van der Waals surface area contributed by atoms with Crippen LogP contribution in [0.15, 0.2) is 24.5 Å². The van der Waals surface area contributed by atoms with Crippen molar-refractivity contribution in [2.24, 2.45) is 11.7 Å². The number of amides is 1. The van der Waals surface area contributed by atoms with Gasteiger partial charge < -0.3 is 10.6 Å². The number of fused-ring (bicyclic) bond motifs is 1. The first-order chi connectivity index (χ1) is 12.2. The van der Waals surface area contributed by atoms with Crippen molar-refractivity contribution in [3.63, 3.8) is 0 Å². The van der Waals surface area contributed by atoms with Gasteiger partial charge in [-0.2, -0.15) is 0 Å². The number of aromatic nitrogens is 2. The molecule has 1 aliphatic heterocycles. The number of nitrogens with zero attached hydrogens (tertiary/aromatic N) is 3. The van der Waals surface area contributed by atoms with Gasteiger partial charge in [0.15, 0.2) is 0 Å². The molecule has 2 aromatic rings. The van der Waals surface area contributed by atoms with Crippen molar-refractivity contribution in [3.05, 3.63) is 35.8 Å². The number of pyridine rings is 2. The van der Waals surface area contributed by atoms with E-state index >= 15 is 0 Å². The number of hydrogen-bond acceptors (Lipinski definition) is 4. The number of aryl methyl sites for hydroxylation is 1. The summed E-state index contributed by atoms with van der Waals surface area (Å²) in [6, 6.07) is 4.27. The lowest BCUT2D eigenvalue weighted by Crippen LogP contribution is -2.29. The fraction of sp³-hybridized carbons (Fsp3) is 0.550. The molecule has 0 bridgehead atoms. The van der Waals surface area contributed by atoms with Gasteiger partial charge in [-0.1, -0.05) is 6.92 Å². The van der Waals surface area contributed by atoms with Crippen LogP contribution in [0.1, 0.15) is 43.9 Å². The number of likely N-dealkylation sites (tertiary alicyclic amines) is 1. The maximum atomic E-state index is 11.0. The van der Waals surface area contributed by atoms with E-state index in [0.717, 1.165) is 43.7 Å². The van der Waals surface area contributed by atoms with Crippen molar-refractivity contribution in [2.45, 2.75) is 45.4 Å². The van der Waals surface area contributed by atoms with Crippen LogP contribution in [0.3, 0.4) is 0 Å². The van der Waals surface area contributed by atoms with Gasteiger partial charge in [-0.25, -0.2) is 0 Å². The molecule has 3 heterocycles. The van der Waals surface area contributed by atoms with Gasteiger partial charge in [0, 0.05) is 36.4 Å². The second kappa shape index (κ2) is 8.39. The second-order valence-electron chi connectivity index (χ2n) is 7.08. The number of nitrogens with two attached hydrogens (primary N) is 1. The summed E-state index contributed by atoms with van der Waals surface area (Å²) in [5.74, 6) is 0.470. The third-order valence-electron chi connectivity index (χ3n) is 5.23. The molecule has 0 radical (unpaired) electrons. The van der Waals surface area contributed by atoms with E-state index in [-0.39, 0.29) is 5.91 Å². The Balaban J connectivity index is 1.70. The Morgan fingerprint density at radius 1 is 1.36 bits per heavy atom. The molecule has 25 heavy (non-hydrogen) atoms. The third kappa shape index (κ3) is 4.75. The number of carbonyl (C=O) groups is 1. The Morgan fingerprint density at radius 3 is 3.04 bits per heavy atom. The van der Waals surface area contributed by atoms with Gasteiger partial charge in [0.1, 0.15) is 0 Å². The predicted molar refractivity (Wildman–Crippen MR) is 100 cm³/mol. The average molecular weight is 340 g/mol. The molecule has 134 valence electrons. The molecule has 1 saturated heterocycles. The molecule has 1 fully saturated rings. The highest BCUT2D eigenvalue weighted by molar-refractivity contribution is 5.81. The molecule has 2 aromatic heterocycles. The van der Waals surface area contributed by atoms with Gasteiger partial charge in [-0.05, 0) is 68.8 Å². The van der Waals surface area contributed by atoms with Crippen molar-refractivity contribution in [3.8, 4) is 0 Å². The first-order valence-electron chi connectivity index (χ1n) is 9.39. The van der Waals surface area contributed by atoms with Gasteiger partial charge in [0.2, 0.25) is 5.91 Å². The average Bonchev–Trinajstić information content (AvgIpc) is 2.85. The van der Waals surface area contributed by atoms with Crippen LogP contribution in [0.5, 0.6) is 0 Å². The summed E-state index contributed by atoms with van der Waals surface area (Å²) < 4.78 is 0. The fourth-order valence-electron chi connectivity index (χ4n) is 3.78. The Hall–Kier alpha value is -2.01.